The Balaban J connectivity index is 1.38. The zero-order valence-electron chi connectivity index (χ0n) is 18.2. The standard InChI is InChI=1S/C23H34F3N3O/c1-22(2)9-8-21(30)29(13-10-22)12-4-3-11-27-14-16-28(17-15-27)20-7-5-6-19(18-20)23(24,25)26/h5-7,18H,3-4,8-17H2,1-2H3. The summed E-state index contributed by atoms with van der Waals surface area (Å²) in [4.78, 5) is 18.7. The number of rotatable bonds is 6. The minimum atomic E-state index is -4.30. The summed E-state index contributed by atoms with van der Waals surface area (Å²) in [6.45, 7) is 10.3. The van der Waals surface area contributed by atoms with Crippen LogP contribution in [0.25, 0.3) is 0 Å². The summed E-state index contributed by atoms with van der Waals surface area (Å²) in [6.07, 6.45) is 0.429. The van der Waals surface area contributed by atoms with Crippen molar-refractivity contribution in [1.82, 2.24) is 9.80 Å². The molecule has 0 radical (unpaired) electrons. The maximum Gasteiger partial charge on any atom is 0.416 e. The van der Waals surface area contributed by atoms with E-state index in [0.717, 1.165) is 77.6 Å². The summed E-state index contributed by atoms with van der Waals surface area (Å²) in [5.41, 5.74) is 0.310. The fourth-order valence-electron chi connectivity index (χ4n) is 4.27. The third-order valence-corrected chi connectivity index (χ3v) is 6.49. The first-order chi connectivity index (χ1) is 14.1. The van der Waals surface area contributed by atoms with Crippen LogP contribution in [0.4, 0.5) is 18.9 Å². The molecule has 2 heterocycles. The normalized spacial score (nSPS) is 21.0. The van der Waals surface area contributed by atoms with E-state index in [1.807, 2.05) is 9.80 Å². The molecule has 30 heavy (non-hydrogen) atoms. The molecule has 0 aliphatic carbocycles. The van der Waals surface area contributed by atoms with Gasteiger partial charge in [0.2, 0.25) is 5.91 Å². The van der Waals surface area contributed by atoms with E-state index in [2.05, 4.69) is 18.7 Å². The van der Waals surface area contributed by atoms with Gasteiger partial charge in [0.1, 0.15) is 0 Å². The van der Waals surface area contributed by atoms with E-state index in [4.69, 9.17) is 0 Å². The molecule has 2 saturated heterocycles. The fraction of sp³-hybridized carbons (Fsp3) is 0.696. The van der Waals surface area contributed by atoms with Gasteiger partial charge >= 0.3 is 6.18 Å². The molecule has 4 nitrogen and oxygen atoms in total. The summed E-state index contributed by atoms with van der Waals surface area (Å²) in [5.74, 6) is 0.287. The van der Waals surface area contributed by atoms with E-state index >= 15 is 0 Å². The lowest BCUT2D eigenvalue weighted by Gasteiger charge is -2.36. The monoisotopic (exact) mass is 425 g/mol. The van der Waals surface area contributed by atoms with Gasteiger partial charge in [-0.2, -0.15) is 13.2 Å². The predicted octanol–water partition coefficient (Wildman–Crippen LogP) is 4.65. The van der Waals surface area contributed by atoms with E-state index < -0.39 is 11.7 Å². The van der Waals surface area contributed by atoms with Crippen molar-refractivity contribution in [3.05, 3.63) is 29.8 Å². The van der Waals surface area contributed by atoms with Crippen LogP contribution in [0.3, 0.4) is 0 Å². The first-order valence-corrected chi connectivity index (χ1v) is 11.1. The van der Waals surface area contributed by atoms with Crippen molar-refractivity contribution in [3.63, 3.8) is 0 Å². The van der Waals surface area contributed by atoms with Crippen LogP contribution in [0, 0.1) is 5.41 Å². The van der Waals surface area contributed by atoms with Crippen molar-refractivity contribution in [2.24, 2.45) is 5.41 Å². The Hall–Kier alpha value is -1.76. The smallest absolute Gasteiger partial charge is 0.369 e. The molecule has 2 aliphatic heterocycles. The molecule has 0 saturated carbocycles. The first-order valence-electron chi connectivity index (χ1n) is 11.1. The van der Waals surface area contributed by atoms with Gasteiger partial charge in [-0.25, -0.2) is 0 Å². The molecule has 0 atom stereocenters. The first kappa shape index (κ1) is 22.9. The van der Waals surface area contributed by atoms with E-state index in [1.165, 1.54) is 12.1 Å². The minimum absolute atomic E-state index is 0.254. The number of anilines is 1. The molecule has 1 aromatic carbocycles. The average molecular weight is 426 g/mol. The second-order valence-electron chi connectivity index (χ2n) is 9.38. The maximum absolute atomic E-state index is 12.9. The van der Waals surface area contributed by atoms with Crippen molar-refractivity contribution in [2.45, 2.75) is 52.1 Å². The van der Waals surface area contributed by atoms with Gasteiger partial charge in [-0.05, 0) is 55.8 Å². The third-order valence-electron chi connectivity index (χ3n) is 6.49. The van der Waals surface area contributed by atoms with Crippen LogP contribution in [-0.2, 0) is 11.0 Å². The summed E-state index contributed by atoms with van der Waals surface area (Å²) in [7, 11) is 0. The molecule has 1 amide bonds. The Labute approximate surface area is 178 Å². The number of carbonyl (C=O) groups is 1. The van der Waals surface area contributed by atoms with Crippen molar-refractivity contribution in [3.8, 4) is 0 Å². The Kier molecular flexibility index (Phi) is 7.32. The van der Waals surface area contributed by atoms with Gasteiger partial charge in [0.05, 0.1) is 5.56 Å². The molecular formula is C23H34F3N3O. The van der Waals surface area contributed by atoms with Gasteiger partial charge in [-0.1, -0.05) is 19.9 Å². The number of halogens is 3. The summed E-state index contributed by atoms with van der Waals surface area (Å²) in [5, 5.41) is 0. The van der Waals surface area contributed by atoms with Gasteiger partial charge in [-0.3, -0.25) is 9.69 Å². The Morgan fingerprint density at radius 3 is 2.37 bits per heavy atom. The molecule has 7 heteroatoms. The van der Waals surface area contributed by atoms with Crippen LogP contribution in [0.1, 0.15) is 51.5 Å². The molecule has 0 aromatic heterocycles. The Morgan fingerprint density at radius 2 is 1.67 bits per heavy atom. The number of alkyl halides is 3. The average Bonchev–Trinajstić information content (AvgIpc) is 2.84. The minimum Gasteiger partial charge on any atom is -0.369 e. The second kappa shape index (κ2) is 9.58. The van der Waals surface area contributed by atoms with Crippen LogP contribution >= 0.6 is 0 Å². The number of unbranched alkanes of at least 4 members (excludes halogenated alkanes) is 1. The lowest BCUT2D eigenvalue weighted by atomic mass is 9.85. The van der Waals surface area contributed by atoms with E-state index in [1.54, 1.807) is 6.07 Å². The van der Waals surface area contributed by atoms with Gasteiger partial charge in [0, 0.05) is 51.4 Å². The highest BCUT2D eigenvalue weighted by Gasteiger charge is 2.31. The lowest BCUT2D eigenvalue weighted by molar-refractivity contribution is -0.137. The van der Waals surface area contributed by atoms with E-state index in [9.17, 15) is 18.0 Å². The number of piperazine rings is 1. The van der Waals surface area contributed by atoms with Crippen molar-refractivity contribution < 1.29 is 18.0 Å². The maximum atomic E-state index is 12.9. The van der Waals surface area contributed by atoms with Crippen LogP contribution in [-0.4, -0.2) is 61.5 Å². The molecule has 0 N–H and O–H groups in total. The molecule has 2 aliphatic rings. The zero-order chi connectivity index (χ0) is 21.8. The molecule has 1 aromatic rings. The Morgan fingerprint density at radius 1 is 0.967 bits per heavy atom. The quantitative estimate of drug-likeness (QED) is 0.621. The topological polar surface area (TPSA) is 26.8 Å². The SMILES string of the molecule is CC1(C)CCC(=O)N(CCCCN2CCN(c3cccc(C(F)(F)F)c3)CC2)CC1. The fourth-order valence-corrected chi connectivity index (χ4v) is 4.27. The second-order valence-corrected chi connectivity index (χ2v) is 9.38. The molecule has 3 rings (SSSR count). The molecule has 0 spiro atoms. The van der Waals surface area contributed by atoms with Crippen LogP contribution in [0.15, 0.2) is 24.3 Å². The summed E-state index contributed by atoms with van der Waals surface area (Å²) in [6, 6.07) is 5.60. The lowest BCUT2D eigenvalue weighted by Crippen LogP contribution is -2.46. The number of likely N-dealkylation sites (tertiary alicyclic amines) is 1. The van der Waals surface area contributed by atoms with E-state index in [-0.39, 0.29) is 11.3 Å². The highest BCUT2D eigenvalue weighted by molar-refractivity contribution is 5.76. The third kappa shape index (κ3) is 6.37. The van der Waals surface area contributed by atoms with Gasteiger partial charge in [0.25, 0.3) is 0 Å². The highest BCUT2D eigenvalue weighted by atomic mass is 19.4. The summed E-state index contributed by atoms with van der Waals surface area (Å²) >= 11 is 0. The van der Waals surface area contributed by atoms with Gasteiger partial charge in [-0.15, -0.1) is 0 Å². The van der Waals surface area contributed by atoms with Crippen molar-refractivity contribution in [2.75, 3.05) is 50.7 Å². The highest BCUT2D eigenvalue weighted by Crippen LogP contribution is 2.32. The molecule has 2 fully saturated rings. The van der Waals surface area contributed by atoms with Crippen LogP contribution < -0.4 is 4.90 Å². The summed E-state index contributed by atoms with van der Waals surface area (Å²) < 4.78 is 38.8. The predicted molar refractivity (Wildman–Crippen MR) is 114 cm³/mol. The number of hydrogen-bond acceptors (Lipinski definition) is 3. The molecule has 0 unspecified atom stereocenters. The number of benzene rings is 1. The van der Waals surface area contributed by atoms with Crippen molar-refractivity contribution >= 4 is 11.6 Å². The molecular weight excluding hydrogens is 391 g/mol. The van der Waals surface area contributed by atoms with Crippen molar-refractivity contribution in [1.29, 1.82) is 0 Å². The van der Waals surface area contributed by atoms with Gasteiger partial charge in [0.15, 0.2) is 0 Å². The number of amides is 1. The van der Waals surface area contributed by atoms with Crippen LogP contribution in [0.5, 0.6) is 0 Å². The number of hydrogen-bond donors (Lipinski definition) is 0. The van der Waals surface area contributed by atoms with Gasteiger partial charge < -0.3 is 9.80 Å². The van der Waals surface area contributed by atoms with Crippen LogP contribution in [0.2, 0.25) is 0 Å². The molecule has 0 bridgehead atoms. The largest absolute Gasteiger partial charge is 0.416 e. The Bertz CT molecular complexity index is 712. The molecule has 168 valence electrons. The zero-order valence-corrected chi connectivity index (χ0v) is 18.2. The van der Waals surface area contributed by atoms with E-state index in [0.29, 0.717) is 12.1 Å². The number of carbonyl (C=O) groups excluding carboxylic acids is 1. The number of nitrogens with zero attached hydrogens (tertiary/aromatic N) is 3.